The van der Waals surface area contributed by atoms with Crippen molar-refractivity contribution < 1.29 is 14.1 Å². The van der Waals surface area contributed by atoms with Gasteiger partial charge < -0.3 is 9.73 Å². The van der Waals surface area contributed by atoms with Crippen molar-refractivity contribution in [3.05, 3.63) is 87.1 Å². The van der Waals surface area contributed by atoms with Crippen molar-refractivity contribution >= 4 is 35.0 Å². The van der Waals surface area contributed by atoms with Crippen LogP contribution in [0.1, 0.15) is 11.3 Å². The summed E-state index contributed by atoms with van der Waals surface area (Å²) in [7, 11) is 0. The maximum Gasteiger partial charge on any atom is 0.280 e. The van der Waals surface area contributed by atoms with Crippen molar-refractivity contribution in [2.45, 2.75) is 6.92 Å². The highest BCUT2D eigenvalue weighted by molar-refractivity contribution is 6.34. The summed E-state index contributed by atoms with van der Waals surface area (Å²) in [6.07, 6.45) is 2.80. The number of halogens is 1. The number of benzene rings is 2. The molecule has 0 saturated heterocycles. The van der Waals surface area contributed by atoms with Gasteiger partial charge in [0.1, 0.15) is 11.5 Å². The van der Waals surface area contributed by atoms with Gasteiger partial charge >= 0.3 is 0 Å². The van der Waals surface area contributed by atoms with Crippen LogP contribution < -0.4 is 5.32 Å². The zero-order valence-corrected chi connectivity index (χ0v) is 15.1. The normalized spacial score (nSPS) is 10.9. The van der Waals surface area contributed by atoms with Crippen LogP contribution in [-0.2, 0) is 4.79 Å². The molecule has 0 saturated carbocycles. The largest absolute Gasteiger partial charge is 0.456 e. The first-order chi connectivity index (χ1) is 13.0. The fraction of sp³-hybridized carbons (Fsp3) is 0.0500. The van der Waals surface area contributed by atoms with Crippen LogP contribution >= 0.6 is 11.6 Å². The lowest BCUT2D eigenvalue weighted by molar-refractivity contribution is -0.384. The lowest BCUT2D eigenvalue weighted by atomic mass is 10.1. The van der Waals surface area contributed by atoms with E-state index in [9.17, 15) is 14.9 Å². The van der Waals surface area contributed by atoms with Crippen LogP contribution in [0.5, 0.6) is 0 Å². The molecular weight excluding hydrogens is 368 g/mol. The monoisotopic (exact) mass is 382 g/mol. The molecule has 0 fully saturated rings. The fourth-order valence-corrected chi connectivity index (χ4v) is 2.81. The third-order valence-electron chi connectivity index (χ3n) is 3.86. The van der Waals surface area contributed by atoms with Crippen LogP contribution in [0.4, 0.5) is 11.4 Å². The quantitative estimate of drug-likeness (QED) is 0.360. The molecule has 3 rings (SSSR count). The van der Waals surface area contributed by atoms with E-state index in [-0.39, 0.29) is 11.6 Å². The summed E-state index contributed by atoms with van der Waals surface area (Å²) in [5, 5.41) is 14.3. The van der Waals surface area contributed by atoms with Crippen LogP contribution in [0.3, 0.4) is 0 Å². The lowest BCUT2D eigenvalue weighted by Gasteiger charge is -2.07. The number of furan rings is 1. The van der Waals surface area contributed by atoms with Crippen molar-refractivity contribution in [1.82, 2.24) is 0 Å². The Hall–Kier alpha value is -3.38. The van der Waals surface area contributed by atoms with E-state index < -0.39 is 4.92 Å². The molecule has 0 spiro atoms. The van der Waals surface area contributed by atoms with Crippen LogP contribution in [-0.4, -0.2) is 10.8 Å². The van der Waals surface area contributed by atoms with Crippen LogP contribution in [0.2, 0.25) is 5.02 Å². The van der Waals surface area contributed by atoms with E-state index in [0.29, 0.717) is 27.8 Å². The second-order valence-electron chi connectivity index (χ2n) is 5.73. The van der Waals surface area contributed by atoms with Gasteiger partial charge in [-0.3, -0.25) is 14.9 Å². The third-order valence-corrected chi connectivity index (χ3v) is 4.18. The van der Waals surface area contributed by atoms with Gasteiger partial charge in [0.2, 0.25) is 5.91 Å². The summed E-state index contributed by atoms with van der Waals surface area (Å²) >= 11 is 6.09. The zero-order valence-electron chi connectivity index (χ0n) is 14.3. The summed E-state index contributed by atoms with van der Waals surface area (Å²) in [5.74, 6) is 0.383. The Morgan fingerprint density at radius 1 is 1.15 bits per heavy atom. The Balaban J connectivity index is 1.76. The second kappa shape index (κ2) is 7.88. The number of nitro benzene ring substituents is 1. The highest BCUT2D eigenvalue weighted by atomic mass is 35.5. The van der Waals surface area contributed by atoms with Gasteiger partial charge in [0.15, 0.2) is 0 Å². The molecule has 1 heterocycles. The number of nitrogens with zero attached hydrogens (tertiary/aromatic N) is 1. The number of hydrogen-bond donors (Lipinski definition) is 1. The highest BCUT2D eigenvalue weighted by Crippen LogP contribution is 2.31. The van der Waals surface area contributed by atoms with Gasteiger partial charge in [-0.05, 0) is 42.8 Å². The smallest absolute Gasteiger partial charge is 0.280 e. The molecule has 0 radical (unpaired) electrons. The van der Waals surface area contributed by atoms with Crippen molar-refractivity contribution in [2.24, 2.45) is 0 Å². The number of hydrogen-bond acceptors (Lipinski definition) is 4. The molecule has 6 nitrogen and oxygen atoms in total. The summed E-state index contributed by atoms with van der Waals surface area (Å²) in [6, 6.07) is 14.9. The first-order valence-corrected chi connectivity index (χ1v) is 8.41. The van der Waals surface area contributed by atoms with Crippen molar-refractivity contribution in [3.8, 4) is 11.3 Å². The maximum atomic E-state index is 12.1. The van der Waals surface area contributed by atoms with E-state index in [1.807, 2.05) is 13.0 Å². The van der Waals surface area contributed by atoms with Crippen LogP contribution in [0, 0.1) is 17.0 Å². The molecule has 0 unspecified atom stereocenters. The van der Waals surface area contributed by atoms with E-state index in [2.05, 4.69) is 5.32 Å². The molecule has 1 amide bonds. The zero-order chi connectivity index (χ0) is 19.4. The van der Waals surface area contributed by atoms with E-state index in [1.54, 1.807) is 42.5 Å². The number of nitro groups is 1. The molecule has 1 aromatic heterocycles. The summed E-state index contributed by atoms with van der Waals surface area (Å²) in [4.78, 5) is 22.8. The van der Waals surface area contributed by atoms with Gasteiger partial charge in [0.05, 0.1) is 21.2 Å². The minimum absolute atomic E-state index is 0.0469. The van der Waals surface area contributed by atoms with Crippen molar-refractivity contribution in [3.63, 3.8) is 0 Å². The van der Waals surface area contributed by atoms with E-state index in [4.69, 9.17) is 16.0 Å². The van der Waals surface area contributed by atoms with E-state index in [0.717, 1.165) is 5.56 Å². The molecular formula is C20H15ClN2O4. The van der Waals surface area contributed by atoms with Gasteiger partial charge in [-0.2, -0.15) is 0 Å². The number of carbonyl (C=O) groups excluding carboxylic acids is 1. The molecule has 1 N–H and O–H groups in total. The molecule has 136 valence electrons. The molecule has 0 atom stereocenters. The predicted octanol–water partition coefficient (Wildman–Crippen LogP) is 5.47. The Labute approximate surface area is 160 Å². The molecule has 0 aliphatic heterocycles. The van der Waals surface area contributed by atoms with Gasteiger partial charge in [0, 0.05) is 12.1 Å². The topological polar surface area (TPSA) is 85.4 Å². The van der Waals surface area contributed by atoms with Gasteiger partial charge in [-0.25, -0.2) is 0 Å². The molecule has 2 aromatic carbocycles. The molecule has 0 aliphatic rings. The van der Waals surface area contributed by atoms with Gasteiger partial charge in [-0.15, -0.1) is 0 Å². The minimum Gasteiger partial charge on any atom is -0.456 e. The Bertz CT molecular complexity index is 1020. The maximum absolute atomic E-state index is 12.1. The van der Waals surface area contributed by atoms with E-state index >= 15 is 0 Å². The first kappa shape index (κ1) is 18.4. The number of carbonyl (C=O) groups is 1. The minimum atomic E-state index is -0.466. The average Bonchev–Trinajstić information content (AvgIpc) is 3.12. The molecule has 27 heavy (non-hydrogen) atoms. The fourth-order valence-electron chi connectivity index (χ4n) is 2.54. The van der Waals surface area contributed by atoms with Crippen LogP contribution in [0.25, 0.3) is 17.4 Å². The van der Waals surface area contributed by atoms with Crippen LogP contribution in [0.15, 0.2) is 65.1 Å². The molecule has 0 aliphatic carbocycles. The summed E-state index contributed by atoms with van der Waals surface area (Å²) in [5.41, 5.74) is 1.72. The average molecular weight is 383 g/mol. The summed E-state index contributed by atoms with van der Waals surface area (Å²) < 4.78 is 5.61. The summed E-state index contributed by atoms with van der Waals surface area (Å²) in [6.45, 7) is 1.84. The number of rotatable bonds is 5. The van der Waals surface area contributed by atoms with Gasteiger partial charge in [0.25, 0.3) is 5.69 Å². The first-order valence-electron chi connectivity index (χ1n) is 8.03. The second-order valence-corrected chi connectivity index (χ2v) is 6.14. The number of amides is 1. The van der Waals surface area contributed by atoms with E-state index in [1.165, 1.54) is 18.2 Å². The molecule has 3 aromatic rings. The number of anilines is 1. The lowest BCUT2D eigenvalue weighted by Crippen LogP contribution is -2.09. The van der Waals surface area contributed by atoms with Crippen molar-refractivity contribution in [1.29, 1.82) is 0 Å². The number of aryl methyl sites for hydroxylation is 1. The van der Waals surface area contributed by atoms with Gasteiger partial charge in [-0.1, -0.05) is 35.9 Å². The standard InChI is InChI=1S/C20H15ClN2O4/c1-13-5-4-7-16(21)20(13)22-19(24)12-10-14-9-11-18(27-14)15-6-2-3-8-17(15)23(25)26/h2-12H,1H3,(H,22,24)/b12-10+. The third kappa shape index (κ3) is 4.24. The molecule has 0 bridgehead atoms. The Morgan fingerprint density at radius 3 is 2.67 bits per heavy atom. The SMILES string of the molecule is Cc1cccc(Cl)c1NC(=O)/C=C/c1ccc(-c2ccccc2[N+](=O)[O-])o1. The Kier molecular flexibility index (Phi) is 5.38. The number of nitrogens with one attached hydrogen (secondary N) is 1. The predicted molar refractivity (Wildman–Crippen MR) is 105 cm³/mol. The Morgan fingerprint density at radius 2 is 1.93 bits per heavy atom. The number of para-hydroxylation sites is 2. The molecule has 7 heteroatoms. The highest BCUT2D eigenvalue weighted by Gasteiger charge is 2.16. The van der Waals surface area contributed by atoms with Crippen molar-refractivity contribution in [2.75, 3.05) is 5.32 Å².